The third kappa shape index (κ3) is 2.98. The van der Waals surface area contributed by atoms with E-state index in [0.717, 1.165) is 18.0 Å². The van der Waals surface area contributed by atoms with Gasteiger partial charge < -0.3 is 5.32 Å². The third-order valence-corrected chi connectivity index (χ3v) is 6.73. The van der Waals surface area contributed by atoms with Crippen LogP contribution in [0.3, 0.4) is 0 Å². The zero-order chi connectivity index (χ0) is 13.3. The van der Waals surface area contributed by atoms with Gasteiger partial charge in [0, 0.05) is 36.5 Å². The Labute approximate surface area is 123 Å². The summed E-state index contributed by atoms with van der Waals surface area (Å²) in [6, 6.07) is 1.61. The molecule has 0 aromatic rings. The van der Waals surface area contributed by atoms with Crippen LogP contribution in [0.25, 0.3) is 0 Å². The average molecular weight is 282 g/mol. The van der Waals surface area contributed by atoms with Gasteiger partial charge in [0.15, 0.2) is 0 Å². The topological polar surface area (TPSA) is 15.3 Å². The molecule has 2 aliphatic heterocycles. The maximum atomic E-state index is 3.95. The van der Waals surface area contributed by atoms with Crippen molar-refractivity contribution < 1.29 is 0 Å². The van der Waals surface area contributed by atoms with E-state index in [1.54, 1.807) is 0 Å². The first-order valence-corrected chi connectivity index (χ1v) is 9.44. The molecule has 0 aromatic heterocycles. The molecule has 2 atom stereocenters. The van der Waals surface area contributed by atoms with Crippen LogP contribution in [0.1, 0.15) is 52.4 Å². The maximum absolute atomic E-state index is 3.95. The fourth-order valence-corrected chi connectivity index (χ4v) is 5.52. The van der Waals surface area contributed by atoms with Crippen molar-refractivity contribution in [3.8, 4) is 0 Å². The van der Waals surface area contributed by atoms with Gasteiger partial charge in [-0.1, -0.05) is 26.7 Å². The molecule has 1 saturated carbocycles. The third-order valence-electron chi connectivity index (χ3n) is 5.53. The van der Waals surface area contributed by atoms with Crippen molar-refractivity contribution in [2.45, 2.75) is 70.0 Å². The van der Waals surface area contributed by atoms with E-state index in [4.69, 9.17) is 0 Å². The Morgan fingerprint density at radius 2 is 2.00 bits per heavy atom. The lowest BCUT2D eigenvalue weighted by atomic mass is 9.87. The van der Waals surface area contributed by atoms with Gasteiger partial charge in [-0.05, 0) is 37.4 Å². The first kappa shape index (κ1) is 14.2. The Morgan fingerprint density at radius 1 is 1.21 bits per heavy atom. The van der Waals surface area contributed by atoms with Crippen LogP contribution in [-0.4, -0.2) is 47.1 Å². The molecule has 3 rings (SSSR count). The van der Waals surface area contributed by atoms with Crippen molar-refractivity contribution >= 4 is 11.8 Å². The van der Waals surface area contributed by atoms with Gasteiger partial charge in [-0.3, -0.25) is 4.90 Å². The lowest BCUT2D eigenvalue weighted by Gasteiger charge is -2.51. The second-order valence-corrected chi connectivity index (χ2v) is 8.37. The Balaban J connectivity index is 1.73. The number of nitrogens with one attached hydrogen (secondary N) is 1. The molecule has 0 bridgehead atoms. The van der Waals surface area contributed by atoms with Crippen molar-refractivity contribution in [3.63, 3.8) is 0 Å². The average Bonchev–Trinajstić information content (AvgIpc) is 2.87. The zero-order valence-corrected chi connectivity index (χ0v) is 13.5. The van der Waals surface area contributed by atoms with Gasteiger partial charge >= 0.3 is 0 Å². The van der Waals surface area contributed by atoms with E-state index in [0.29, 0.717) is 5.54 Å². The van der Waals surface area contributed by atoms with Gasteiger partial charge in [0.2, 0.25) is 0 Å². The van der Waals surface area contributed by atoms with Crippen LogP contribution in [0.5, 0.6) is 0 Å². The van der Waals surface area contributed by atoms with E-state index < -0.39 is 0 Å². The van der Waals surface area contributed by atoms with E-state index in [1.165, 1.54) is 63.1 Å². The second kappa shape index (κ2) is 5.95. The fourth-order valence-electron chi connectivity index (χ4n) is 4.35. The van der Waals surface area contributed by atoms with Crippen LogP contribution in [0.15, 0.2) is 0 Å². The van der Waals surface area contributed by atoms with Gasteiger partial charge in [-0.15, -0.1) is 0 Å². The molecule has 1 aliphatic carbocycles. The summed E-state index contributed by atoms with van der Waals surface area (Å²) in [6.07, 6.45) is 8.56. The van der Waals surface area contributed by atoms with Crippen molar-refractivity contribution in [1.29, 1.82) is 0 Å². The number of thioether (sulfide) groups is 1. The number of nitrogens with zero attached hydrogens (tertiary/aromatic N) is 1. The van der Waals surface area contributed by atoms with Crippen molar-refractivity contribution in [2.75, 3.05) is 24.6 Å². The molecule has 19 heavy (non-hydrogen) atoms. The van der Waals surface area contributed by atoms with Crippen LogP contribution >= 0.6 is 11.8 Å². The minimum atomic E-state index is 0.480. The standard InChI is InChI=1S/C16H30N2S/c1-13(2)15-10-17-16(7-3-4-8-16)12-18(15)14-6-5-9-19-11-14/h13-15,17H,3-12H2,1-2H3. The molecule has 1 N–H and O–H groups in total. The summed E-state index contributed by atoms with van der Waals surface area (Å²) in [5.41, 5.74) is 0.480. The lowest BCUT2D eigenvalue weighted by Crippen LogP contribution is -2.67. The summed E-state index contributed by atoms with van der Waals surface area (Å²) in [4.78, 5) is 2.92. The molecular formula is C16H30N2S. The predicted octanol–water partition coefficient (Wildman–Crippen LogP) is 3.12. The summed E-state index contributed by atoms with van der Waals surface area (Å²) in [5, 5.41) is 3.95. The first-order chi connectivity index (χ1) is 9.20. The van der Waals surface area contributed by atoms with Crippen LogP contribution in [-0.2, 0) is 0 Å². The van der Waals surface area contributed by atoms with Crippen molar-refractivity contribution in [1.82, 2.24) is 10.2 Å². The van der Waals surface area contributed by atoms with Crippen molar-refractivity contribution in [2.24, 2.45) is 5.92 Å². The van der Waals surface area contributed by atoms with E-state index in [2.05, 4.69) is 35.8 Å². The number of piperazine rings is 1. The minimum Gasteiger partial charge on any atom is -0.308 e. The van der Waals surface area contributed by atoms with Gasteiger partial charge in [-0.2, -0.15) is 11.8 Å². The minimum absolute atomic E-state index is 0.480. The Hall–Kier alpha value is 0.270. The highest BCUT2D eigenvalue weighted by Crippen LogP contribution is 2.36. The molecule has 3 fully saturated rings. The monoisotopic (exact) mass is 282 g/mol. The number of hydrogen-bond donors (Lipinski definition) is 1. The highest BCUT2D eigenvalue weighted by molar-refractivity contribution is 7.99. The molecule has 110 valence electrons. The highest BCUT2D eigenvalue weighted by atomic mass is 32.2. The molecule has 2 nitrogen and oxygen atoms in total. The van der Waals surface area contributed by atoms with Crippen LogP contribution in [0, 0.1) is 5.92 Å². The summed E-state index contributed by atoms with van der Waals surface area (Å²) in [6.45, 7) is 7.35. The van der Waals surface area contributed by atoms with E-state index in [9.17, 15) is 0 Å². The molecule has 0 aromatic carbocycles. The highest BCUT2D eigenvalue weighted by Gasteiger charge is 2.43. The van der Waals surface area contributed by atoms with Crippen LogP contribution in [0.4, 0.5) is 0 Å². The first-order valence-electron chi connectivity index (χ1n) is 8.29. The normalized spacial score (nSPS) is 36.2. The van der Waals surface area contributed by atoms with Gasteiger partial charge in [-0.25, -0.2) is 0 Å². The molecule has 0 radical (unpaired) electrons. The largest absolute Gasteiger partial charge is 0.308 e. The molecule has 3 heteroatoms. The molecule has 2 heterocycles. The number of hydrogen-bond acceptors (Lipinski definition) is 3. The van der Waals surface area contributed by atoms with Crippen LogP contribution in [0.2, 0.25) is 0 Å². The van der Waals surface area contributed by atoms with E-state index >= 15 is 0 Å². The number of rotatable bonds is 2. The maximum Gasteiger partial charge on any atom is 0.0309 e. The summed E-state index contributed by atoms with van der Waals surface area (Å²) >= 11 is 2.18. The molecule has 2 saturated heterocycles. The molecule has 3 aliphatic rings. The molecule has 0 amide bonds. The fraction of sp³-hybridized carbons (Fsp3) is 1.00. The summed E-state index contributed by atoms with van der Waals surface area (Å²) in [7, 11) is 0. The SMILES string of the molecule is CC(C)C1CNC2(CCCC2)CN1C1CCCSC1. The second-order valence-electron chi connectivity index (χ2n) is 7.22. The van der Waals surface area contributed by atoms with E-state index in [-0.39, 0.29) is 0 Å². The zero-order valence-electron chi connectivity index (χ0n) is 12.7. The Kier molecular flexibility index (Phi) is 4.45. The predicted molar refractivity (Wildman–Crippen MR) is 84.9 cm³/mol. The molecule has 1 spiro atoms. The van der Waals surface area contributed by atoms with Gasteiger partial charge in [0.05, 0.1) is 0 Å². The van der Waals surface area contributed by atoms with E-state index in [1.807, 2.05) is 0 Å². The van der Waals surface area contributed by atoms with Gasteiger partial charge in [0.25, 0.3) is 0 Å². The Morgan fingerprint density at radius 3 is 2.63 bits per heavy atom. The molecular weight excluding hydrogens is 252 g/mol. The summed E-state index contributed by atoms with van der Waals surface area (Å²) < 4.78 is 0. The quantitative estimate of drug-likeness (QED) is 0.838. The lowest BCUT2D eigenvalue weighted by molar-refractivity contribution is 0.0253. The summed E-state index contributed by atoms with van der Waals surface area (Å²) in [5.74, 6) is 3.54. The van der Waals surface area contributed by atoms with Gasteiger partial charge in [0.1, 0.15) is 0 Å². The van der Waals surface area contributed by atoms with Crippen LogP contribution < -0.4 is 5.32 Å². The smallest absolute Gasteiger partial charge is 0.0309 e. The van der Waals surface area contributed by atoms with Crippen molar-refractivity contribution in [3.05, 3.63) is 0 Å². The molecule has 2 unspecified atom stereocenters. The Bertz CT molecular complexity index is 293.